The lowest BCUT2D eigenvalue weighted by atomic mass is 9.88. The van der Waals surface area contributed by atoms with Crippen molar-refractivity contribution in [2.24, 2.45) is 11.8 Å². The fourth-order valence-electron chi connectivity index (χ4n) is 2.88. The van der Waals surface area contributed by atoms with Crippen LogP contribution in [0.15, 0.2) is 18.2 Å². The molecule has 0 radical (unpaired) electrons. The molecule has 0 spiro atoms. The van der Waals surface area contributed by atoms with Crippen molar-refractivity contribution < 1.29 is 14.3 Å². The van der Waals surface area contributed by atoms with E-state index in [1.165, 1.54) is 0 Å². The monoisotopic (exact) mass is 290 g/mol. The molecule has 1 aromatic carbocycles. The largest absolute Gasteiger partial charge is 0.486 e. The van der Waals surface area contributed by atoms with Crippen LogP contribution in [0.4, 0.5) is 0 Å². The number of rotatable bonds is 3. The van der Waals surface area contributed by atoms with Gasteiger partial charge < -0.3 is 20.1 Å². The molecule has 5 nitrogen and oxygen atoms in total. The molecule has 2 aliphatic rings. The van der Waals surface area contributed by atoms with E-state index in [9.17, 15) is 4.79 Å². The summed E-state index contributed by atoms with van der Waals surface area (Å²) in [4.78, 5) is 12.3. The van der Waals surface area contributed by atoms with E-state index < -0.39 is 0 Å². The van der Waals surface area contributed by atoms with Gasteiger partial charge in [0.05, 0.1) is 0 Å². The van der Waals surface area contributed by atoms with Gasteiger partial charge in [0.15, 0.2) is 11.5 Å². The van der Waals surface area contributed by atoms with Crippen molar-refractivity contribution in [3.05, 3.63) is 23.8 Å². The van der Waals surface area contributed by atoms with Gasteiger partial charge in [-0.1, -0.05) is 6.92 Å². The van der Waals surface area contributed by atoms with Crippen molar-refractivity contribution in [1.82, 2.24) is 10.6 Å². The maximum atomic E-state index is 12.3. The number of carbonyl (C=O) groups excluding carboxylic acids is 1. The number of ether oxygens (including phenoxy) is 2. The van der Waals surface area contributed by atoms with Gasteiger partial charge in [-0.05, 0) is 49.5 Å². The molecule has 0 saturated carbocycles. The highest BCUT2D eigenvalue weighted by Gasteiger charge is 2.22. The van der Waals surface area contributed by atoms with Crippen LogP contribution in [-0.2, 0) is 0 Å². The van der Waals surface area contributed by atoms with Gasteiger partial charge in [-0.25, -0.2) is 0 Å². The molecule has 5 heteroatoms. The fourth-order valence-corrected chi connectivity index (χ4v) is 2.88. The topological polar surface area (TPSA) is 59.6 Å². The molecular formula is C16H22N2O3. The van der Waals surface area contributed by atoms with E-state index in [4.69, 9.17) is 9.47 Å². The normalized spacial score (nSPS) is 24.4. The van der Waals surface area contributed by atoms with Crippen LogP contribution in [0.5, 0.6) is 11.5 Å². The first kappa shape index (κ1) is 14.2. The van der Waals surface area contributed by atoms with Crippen molar-refractivity contribution in [3.63, 3.8) is 0 Å². The SMILES string of the molecule is CC1CNCCC1CNC(=O)c1ccc2c(c1)OCCO2. The van der Waals surface area contributed by atoms with Crippen LogP contribution in [0.2, 0.25) is 0 Å². The number of benzene rings is 1. The number of nitrogens with one attached hydrogen (secondary N) is 2. The molecule has 2 atom stereocenters. The van der Waals surface area contributed by atoms with E-state index in [0.717, 1.165) is 26.1 Å². The molecule has 3 rings (SSSR count). The lowest BCUT2D eigenvalue weighted by molar-refractivity contribution is 0.0937. The molecule has 1 saturated heterocycles. The summed E-state index contributed by atoms with van der Waals surface area (Å²) in [5.41, 5.74) is 0.626. The second kappa shape index (κ2) is 6.35. The number of hydrogen-bond acceptors (Lipinski definition) is 4. The Labute approximate surface area is 125 Å². The third-order valence-corrected chi connectivity index (χ3v) is 4.29. The minimum Gasteiger partial charge on any atom is -0.486 e. The third-order valence-electron chi connectivity index (χ3n) is 4.29. The van der Waals surface area contributed by atoms with E-state index in [-0.39, 0.29) is 5.91 Å². The summed E-state index contributed by atoms with van der Waals surface area (Å²) in [5, 5.41) is 6.42. The summed E-state index contributed by atoms with van der Waals surface area (Å²) in [6.07, 6.45) is 1.11. The van der Waals surface area contributed by atoms with Crippen molar-refractivity contribution in [3.8, 4) is 11.5 Å². The molecule has 0 aliphatic carbocycles. The molecule has 1 aromatic rings. The second-order valence-electron chi connectivity index (χ2n) is 5.80. The molecule has 0 aromatic heterocycles. The minimum absolute atomic E-state index is 0.0438. The van der Waals surface area contributed by atoms with E-state index in [1.807, 2.05) is 0 Å². The molecule has 1 amide bonds. The Morgan fingerprint density at radius 1 is 1.33 bits per heavy atom. The van der Waals surface area contributed by atoms with Gasteiger partial charge in [-0.15, -0.1) is 0 Å². The molecule has 1 fully saturated rings. The van der Waals surface area contributed by atoms with Gasteiger partial charge in [-0.3, -0.25) is 4.79 Å². The van der Waals surface area contributed by atoms with Crippen LogP contribution in [0.3, 0.4) is 0 Å². The van der Waals surface area contributed by atoms with Crippen molar-refractivity contribution in [2.75, 3.05) is 32.8 Å². The quantitative estimate of drug-likeness (QED) is 0.884. The Kier molecular flexibility index (Phi) is 4.29. The molecule has 2 unspecified atom stereocenters. The molecular weight excluding hydrogens is 268 g/mol. The summed E-state index contributed by atoms with van der Waals surface area (Å²) in [7, 11) is 0. The van der Waals surface area contributed by atoms with E-state index in [2.05, 4.69) is 17.6 Å². The van der Waals surface area contributed by atoms with Crippen LogP contribution >= 0.6 is 0 Å². The van der Waals surface area contributed by atoms with Crippen LogP contribution in [0.1, 0.15) is 23.7 Å². The Morgan fingerprint density at radius 2 is 2.14 bits per heavy atom. The number of piperidine rings is 1. The van der Waals surface area contributed by atoms with E-state index >= 15 is 0 Å². The highest BCUT2D eigenvalue weighted by Crippen LogP contribution is 2.30. The zero-order valence-electron chi connectivity index (χ0n) is 12.4. The molecule has 2 heterocycles. The van der Waals surface area contributed by atoms with Gasteiger partial charge in [-0.2, -0.15) is 0 Å². The highest BCUT2D eigenvalue weighted by atomic mass is 16.6. The van der Waals surface area contributed by atoms with Crippen LogP contribution in [-0.4, -0.2) is 38.8 Å². The lowest BCUT2D eigenvalue weighted by Crippen LogP contribution is -2.41. The number of amides is 1. The first-order valence-corrected chi connectivity index (χ1v) is 7.62. The van der Waals surface area contributed by atoms with Crippen LogP contribution in [0, 0.1) is 11.8 Å². The average Bonchev–Trinajstić information content (AvgIpc) is 2.53. The Morgan fingerprint density at radius 3 is 2.95 bits per heavy atom. The Hall–Kier alpha value is -1.75. The Bertz CT molecular complexity index is 518. The maximum Gasteiger partial charge on any atom is 0.251 e. The molecule has 2 N–H and O–H groups in total. The van der Waals surface area contributed by atoms with E-state index in [0.29, 0.717) is 42.1 Å². The zero-order valence-corrected chi connectivity index (χ0v) is 12.4. The number of fused-ring (bicyclic) bond motifs is 1. The minimum atomic E-state index is -0.0438. The molecule has 21 heavy (non-hydrogen) atoms. The fraction of sp³-hybridized carbons (Fsp3) is 0.562. The first-order valence-electron chi connectivity index (χ1n) is 7.62. The van der Waals surface area contributed by atoms with Crippen LogP contribution < -0.4 is 20.1 Å². The molecule has 2 aliphatic heterocycles. The summed E-state index contributed by atoms with van der Waals surface area (Å²) in [6.45, 7) is 6.12. The number of hydrogen-bond donors (Lipinski definition) is 2. The number of carbonyl (C=O) groups is 1. The smallest absolute Gasteiger partial charge is 0.251 e. The second-order valence-corrected chi connectivity index (χ2v) is 5.80. The standard InChI is InChI=1S/C16H22N2O3/c1-11-9-17-5-4-13(11)10-18-16(19)12-2-3-14-15(8-12)21-7-6-20-14/h2-3,8,11,13,17H,4-7,9-10H2,1H3,(H,18,19). The summed E-state index contributed by atoms with van der Waals surface area (Å²) >= 11 is 0. The summed E-state index contributed by atoms with van der Waals surface area (Å²) in [5.74, 6) is 2.47. The van der Waals surface area contributed by atoms with Gasteiger partial charge in [0.1, 0.15) is 13.2 Å². The van der Waals surface area contributed by atoms with Gasteiger partial charge >= 0.3 is 0 Å². The van der Waals surface area contributed by atoms with Crippen molar-refractivity contribution in [2.45, 2.75) is 13.3 Å². The predicted molar refractivity (Wildman–Crippen MR) is 79.9 cm³/mol. The maximum absolute atomic E-state index is 12.3. The average molecular weight is 290 g/mol. The third kappa shape index (κ3) is 3.29. The first-order chi connectivity index (χ1) is 10.2. The zero-order chi connectivity index (χ0) is 14.7. The lowest BCUT2D eigenvalue weighted by Gasteiger charge is -2.29. The van der Waals surface area contributed by atoms with Gasteiger partial charge in [0, 0.05) is 12.1 Å². The highest BCUT2D eigenvalue weighted by molar-refractivity contribution is 5.94. The van der Waals surface area contributed by atoms with Crippen LogP contribution in [0.25, 0.3) is 0 Å². The summed E-state index contributed by atoms with van der Waals surface area (Å²) in [6, 6.07) is 5.35. The Balaban J connectivity index is 1.60. The van der Waals surface area contributed by atoms with Gasteiger partial charge in [0.2, 0.25) is 0 Å². The van der Waals surface area contributed by atoms with Gasteiger partial charge in [0.25, 0.3) is 5.91 Å². The van der Waals surface area contributed by atoms with Crippen molar-refractivity contribution in [1.29, 1.82) is 0 Å². The van der Waals surface area contributed by atoms with E-state index in [1.54, 1.807) is 18.2 Å². The molecule has 114 valence electrons. The predicted octanol–water partition coefficient (Wildman–Crippen LogP) is 1.43. The molecule has 0 bridgehead atoms. The van der Waals surface area contributed by atoms with Crippen molar-refractivity contribution >= 4 is 5.91 Å². The summed E-state index contributed by atoms with van der Waals surface area (Å²) < 4.78 is 11.0.